The van der Waals surface area contributed by atoms with Crippen LogP contribution < -0.4 is 59.1 Å². The van der Waals surface area contributed by atoms with Crippen LogP contribution >= 0.6 is 0 Å². The van der Waals surface area contributed by atoms with Gasteiger partial charge in [0, 0.05) is 0 Å². The molecule has 2 N–H and O–H groups in total. The Morgan fingerprint density at radius 1 is 0.700 bits per heavy atom. The van der Waals surface area contributed by atoms with E-state index in [0.717, 1.165) is 51.4 Å². The van der Waals surface area contributed by atoms with Gasteiger partial charge in [-0.15, -0.1) is 0 Å². The van der Waals surface area contributed by atoms with Crippen LogP contribution in [0.3, 0.4) is 0 Å². The van der Waals surface area contributed by atoms with Crippen LogP contribution in [0.4, 0.5) is 0 Å². The van der Waals surface area contributed by atoms with Gasteiger partial charge < -0.3 is 13.1 Å². The standard InChI is InChI=1S/C14H20O4.2Na.2H/c15-13(16)11(9-5-1-2-6-9)12(14(17)18)10-7-3-4-8-10;;;;/h9-10H,1-8H2,(H,15,16)(H,17,18);;;;/q;2*+1;2*-1/b12-11-;;;;. The Morgan fingerprint density at radius 2 is 0.950 bits per heavy atom. The van der Waals surface area contributed by atoms with E-state index < -0.39 is 11.9 Å². The topological polar surface area (TPSA) is 74.6 Å². The summed E-state index contributed by atoms with van der Waals surface area (Å²) in [6.07, 6.45) is 7.35. The van der Waals surface area contributed by atoms with Crippen LogP contribution in [-0.2, 0) is 9.59 Å². The van der Waals surface area contributed by atoms with E-state index >= 15 is 0 Å². The summed E-state index contributed by atoms with van der Waals surface area (Å²) in [5.74, 6) is -2.14. The minimum Gasteiger partial charge on any atom is -1.00 e. The fourth-order valence-corrected chi connectivity index (χ4v) is 3.45. The predicted octanol–water partition coefficient (Wildman–Crippen LogP) is -2.93. The van der Waals surface area contributed by atoms with E-state index in [4.69, 9.17) is 0 Å². The molecule has 2 aliphatic rings. The molecule has 2 aliphatic carbocycles. The molecule has 20 heavy (non-hydrogen) atoms. The second kappa shape index (κ2) is 9.65. The van der Waals surface area contributed by atoms with E-state index in [1.54, 1.807) is 0 Å². The Kier molecular flexibility index (Phi) is 9.98. The molecular formula is C14H22Na2O4. The van der Waals surface area contributed by atoms with Gasteiger partial charge in [-0.3, -0.25) is 0 Å². The minimum absolute atomic E-state index is 0. The third kappa shape index (κ3) is 4.85. The monoisotopic (exact) mass is 300 g/mol. The van der Waals surface area contributed by atoms with Gasteiger partial charge in [-0.2, -0.15) is 0 Å². The normalized spacial score (nSPS) is 20.8. The van der Waals surface area contributed by atoms with Crippen molar-refractivity contribution in [2.75, 3.05) is 0 Å². The van der Waals surface area contributed by atoms with Gasteiger partial charge in [0.1, 0.15) is 0 Å². The molecule has 104 valence electrons. The zero-order chi connectivity index (χ0) is 13.1. The van der Waals surface area contributed by atoms with Gasteiger partial charge in [0.15, 0.2) is 0 Å². The first-order valence-electron chi connectivity index (χ1n) is 6.82. The third-order valence-corrected chi connectivity index (χ3v) is 4.28. The van der Waals surface area contributed by atoms with Gasteiger partial charge in [-0.05, 0) is 37.5 Å². The molecule has 0 aromatic rings. The Labute approximate surface area is 166 Å². The molecule has 0 heterocycles. The maximum atomic E-state index is 11.5. The quantitative estimate of drug-likeness (QED) is 0.430. The Hall–Kier alpha value is 0.680. The smallest absolute Gasteiger partial charge is 1.00 e. The van der Waals surface area contributed by atoms with Crippen molar-refractivity contribution < 1.29 is 81.8 Å². The first kappa shape index (κ1) is 20.7. The molecule has 2 fully saturated rings. The molecule has 0 bridgehead atoms. The van der Waals surface area contributed by atoms with Crippen LogP contribution in [0.2, 0.25) is 0 Å². The molecule has 0 aromatic carbocycles. The molecule has 6 heteroatoms. The fraction of sp³-hybridized carbons (Fsp3) is 0.714. The molecule has 0 amide bonds. The van der Waals surface area contributed by atoms with Crippen molar-refractivity contribution in [3.05, 3.63) is 11.1 Å². The first-order valence-corrected chi connectivity index (χ1v) is 6.82. The second-order valence-electron chi connectivity index (χ2n) is 5.40. The summed E-state index contributed by atoms with van der Waals surface area (Å²) in [7, 11) is 0. The van der Waals surface area contributed by atoms with Gasteiger partial charge >= 0.3 is 71.1 Å². The molecule has 0 radical (unpaired) electrons. The summed E-state index contributed by atoms with van der Waals surface area (Å²) in [5, 5.41) is 18.8. The average Bonchev–Trinajstić information content (AvgIpc) is 2.97. The number of hydrogen-bond acceptors (Lipinski definition) is 2. The molecule has 0 aliphatic heterocycles. The molecule has 0 aromatic heterocycles. The van der Waals surface area contributed by atoms with Crippen molar-refractivity contribution in [3.63, 3.8) is 0 Å². The molecule has 0 atom stereocenters. The van der Waals surface area contributed by atoms with Crippen LogP contribution in [0.1, 0.15) is 54.2 Å². The van der Waals surface area contributed by atoms with E-state index in [-0.39, 0.29) is 84.9 Å². The molecule has 4 nitrogen and oxygen atoms in total. The zero-order valence-electron chi connectivity index (χ0n) is 14.5. The van der Waals surface area contributed by atoms with E-state index in [2.05, 4.69) is 0 Å². The molecule has 0 saturated heterocycles. The number of carbonyl (C=O) groups is 2. The van der Waals surface area contributed by atoms with E-state index in [1.165, 1.54) is 0 Å². The van der Waals surface area contributed by atoms with Crippen molar-refractivity contribution >= 4 is 11.9 Å². The van der Waals surface area contributed by atoms with E-state index in [1.807, 2.05) is 0 Å². The summed E-state index contributed by atoms with van der Waals surface area (Å²) in [5.41, 5.74) is 0.402. The van der Waals surface area contributed by atoms with Crippen LogP contribution in [0.25, 0.3) is 0 Å². The number of aliphatic carboxylic acids is 2. The predicted molar refractivity (Wildman–Crippen MR) is 68.4 cm³/mol. The van der Waals surface area contributed by atoms with E-state index in [9.17, 15) is 19.8 Å². The SMILES string of the molecule is O=C(O)/C(=C(\C(=O)O)C1CCCC1)C1CCCC1.[H-].[H-].[Na+].[Na+]. The number of hydrogen-bond donors (Lipinski definition) is 2. The molecule has 2 saturated carbocycles. The second-order valence-corrected chi connectivity index (χ2v) is 5.40. The van der Waals surface area contributed by atoms with Crippen molar-refractivity contribution in [3.8, 4) is 0 Å². The van der Waals surface area contributed by atoms with Gasteiger partial charge in [0.2, 0.25) is 0 Å². The maximum Gasteiger partial charge on any atom is 1.00 e. The summed E-state index contributed by atoms with van der Waals surface area (Å²) in [6.45, 7) is 0. The van der Waals surface area contributed by atoms with Crippen molar-refractivity contribution in [1.82, 2.24) is 0 Å². The van der Waals surface area contributed by atoms with Crippen molar-refractivity contribution in [2.24, 2.45) is 11.8 Å². The third-order valence-electron chi connectivity index (χ3n) is 4.28. The summed E-state index contributed by atoms with van der Waals surface area (Å²) in [6, 6.07) is 0. The number of carboxylic acids is 2. The van der Waals surface area contributed by atoms with Gasteiger partial charge in [-0.1, -0.05) is 25.7 Å². The molecule has 0 unspecified atom stereocenters. The van der Waals surface area contributed by atoms with Crippen LogP contribution in [-0.4, -0.2) is 22.2 Å². The minimum atomic E-state index is -1.02. The Balaban J connectivity index is -0.000000902. The van der Waals surface area contributed by atoms with Gasteiger partial charge in [-0.25, -0.2) is 9.59 Å². The number of carboxylic acid groups (broad SMARTS) is 2. The average molecular weight is 300 g/mol. The number of rotatable bonds is 4. The first-order chi connectivity index (χ1) is 8.61. The molecule has 0 spiro atoms. The summed E-state index contributed by atoms with van der Waals surface area (Å²) < 4.78 is 0. The van der Waals surface area contributed by atoms with Crippen LogP contribution in [0.15, 0.2) is 11.1 Å². The van der Waals surface area contributed by atoms with Crippen molar-refractivity contribution in [1.29, 1.82) is 0 Å². The Bertz CT molecular complexity index is 354. The van der Waals surface area contributed by atoms with Crippen LogP contribution in [0.5, 0.6) is 0 Å². The Morgan fingerprint density at radius 3 is 1.15 bits per heavy atom. The van der Waals surface area contributed by atoms with E-state index in [0.29, 0.717) is 0 Å². The van der Waals surface area contributed by atoms with Crippen LogP contribution in [0, 0.1) is 11.8 Å². The van der Waals surface area contributed by atoms with Gasteiger partial charge in [0.25, 0.3) is 0 Å². The van der Waals surface area contributed by atoms with Gasteiger partial charge in [0.05, 0.1) is 11.1 Å². The summed E-state index contributed by atoms with van der Waals surface area (Å²) in [4.78, 5) is 22.9. The fourth-order valence-electron chi connectivity index (χ4n) is 3.45. The zero-order valence-corrected chi connectivity index (χ0v) is 16.5. The maximum absolute atomic E-state index is 11.5. The van der Waals surface area contributed by atoms with Crippen molar-refractivity contribution in [2.45, 2.75) is 51.4 Å². The molecule has 2 rings (SSSR count). The largest absolute Gasteiger partial charge is 1.00 e. The summed E-state index contributed by atoms with van der Waals surface area (Å²) >= 11 is 0. The molecular weight excluding hydrogens is 278 g/mol.